The van der Waals surface area contributed by atoms with Gasteiger partial charge in [0.1, 0.15) is 6.61 Å². The molecule has 32 heavy (non-hydrogen) atoms. The van der Waals surface area contributed by atoms with Crippen molar-refractivity contribution in [1.29, 1.82) is 0 Å². The van der Waals surface area contributed by atoms with Crippen molar-refractivity contribution in [2.75, 3.05) is 6.61 Å². The number of fused-ring (bicyclic) bond motifs is 3. The number of hydrogen-bond acceptors (Lipinski definition) is 5. The number of benzene rings is 3. The van der Waals surface area contributed by atoms with E-state index >= 15 is 0 Å². The first-order valence-electron chi connectivity index (χ1n) is 10.0. The van der Waals surface area contributed by atoms with Gasteiger partial charge in [0.15, 0.2) is 0 Å². The standard InChI is InChI=1S/C24H20N2O6/c27-23(28)13-22(15-9-11-16(12-10-15)26(30)31)25-24(29)32-14-21-19-7-3-1-5-17(19)18-6-2-4-8-20(18)21/h1-12,21-22H,13-14H2,(H,25,29)(H,27,28). The number of aliphatic carboxylic acids is 1. The summed E-state index contributed by atoms with van der Waals surface area (Å²) in [5, 5.41) is 22.6. The van der Waals surface area contributed by atoms with E-state index in [4.69, 9.17) is 4.74 Å². The molecule has 162 valence electrons. The van der Waals surface area contributed by atoms with Crippen LogP contribution in [-0.2, 0) is 9.53 Å². The first-order valence-corrected chi connectivity index (χ1v) is 10.0. The summed E-state index contributed by atoms with van der Waals surface area (Å²) in [6.07, 6.45) is -1.14. The van der Waals surface area contributed by atoms with Gasteiger partial charge in [0, 0.05) is 18.1 Å². The Bertz CT molecular complexity index is 1130. The van der Waals surface area contributed by atoms with Crippen LogP contribution in [0.1, 0.15) is 35.1 Å². The number of ether oxygens (including phenoxy) is 1. The van der Waals surface area contributed by atoms with Crippen molar-refractivity contribution in [3.8, 4) is 11.1 Å². The Morgan fingerprint density at radius 3 is 2.06 bits per heavy atom. The van der Waals surface area contributed by atoms with E-state index in [1.165, 1.54) is 24.3 Å². The van der Waals surface area contributed by atoms with Crippen molar-refractivity contribution >= 4 is 17.7 Å². The van der Waals surface area contributed by atoms with E-state index in [2.05, 4.69) is 5.32 Å². The normalized spacial score (nSPS) is 13.0. The van der Waals surface area contributed by atoms with E-state index in [9.17, 15) is 24.8 Å². The fourth-order valence-corrected chi connectivity index (χ4v) is 4.04. The minimum Gasteiger partial charge on any atom is -0.481 e. The highest BCUT2D eigenvalue weighted by Crippen LogP contribution is 2.44. The number of amides is 1. The van der Waals surface area contributed by atoms with Gasteiger partial charge in [0.05, 0.1) is 17.4 Å². The van der Waals surface area contributed by atoms with Crippen LogP contribution in [0.25, 0.3) is 11.1 Å². The molecular formula is C24H20N2O6. The summed E-state index contributed by atoms with van der Waals surface area (Å²) < 4.78 is 5.48. The predicted octanol–water partition coefficient (Wildman–Crippen LogP) is 4.65. The predicted molar refractivity (Wildman–Crippen MR) is 116 cm³/mol. The number of non-ortho nitro benzene ring substituents is 1. The Hall–Kier alpha value is -4.20. The Morgan fingerprint density at radius 1 is 0.969 bits per heavy atom. The topological polar surface area (TPSA) is 119 Å². The minimum absolute atomic E-state index is 0.0971. The van der Waals surface area contributed by atoms with Crippen LogP contribution in [0, 0.1) is 10.1 Å². The van der Waals surface area contributed by atoms with Gasteiger partial charge >= 0.3 is 12.1 Å². The summed E-state index contributed by atoms with van der Waals surface area (Å²) in [6.45, 7) is 0.0971. The molecule has 0 heterocycles. The van der Waals surface area contributed by atoms with Crippen LogP contribution < -0.4 is 5.32 Å². The summed E-state index contributed by atoms with van der Waals surface area (Å²) in [7, 11) is 0. The molecular weight excluding hydrogens is 412 g/mol. The van der Waals surface area contributed by atoms with E-state index in [0.717, 1.165) is 22.3 Å². The molecule has 2 N–H and O–H groups in total. The van der Waals surface area contributed by atoms with Crippen LogP contribution >= 0.6 is 0 Å². The lowest BCUT2D eigenvalue weighted by Gasteiger charge is -2.19. The summed E-state index contributed by atoms with van der Waals surface area (Å²) in [6, 6.07) is 20.4. The molecule has 0 fully saturated rings. The van der Waals surface area contributed by atoms with Gasteiger partial charge in [0.2, 0.25) is 0 Å². The molecule has 0 radical (unpaired) electrons. The summed E-state index contributed by atoms with van der Waals surface area (Å²) in [5.74, 6) is -1.24. The third kappa shape index (κ3) is 4.29. The third-order valence-electron chi connectivity index (χ3n) is 5.52. The monoisotopic (exact) mass is 432 g/mol. The Kier molecular flexibility index (Phi) is 5.85. The average Bonchev–Trinajstić information content (AvgIpc) is 3.11. The summed E-state index contributed by atoms with van der Waals surface area (Å²) in [4.78, 5) is 34.1. The van der Waals surface area contributed by atoms with Gasteiger partial charge in [-0.25, -0.2) is 4.79 Å². The van der Waals surface area contributed by atoms with Gasteiger partial charge in [-0.1, -0.05) is 60.7 Å². The Labute approximate surface area is 183 Å². The van der Waals surface area contributed by atoms with Crippen molar-refractivity contribution in [1.82, 2.24) is 5.32 Å². The van der Waals surface area contributed by atoms with Crippen LogP contribution in [-0.4, -0.2) is 28.7 Å². The number of nitrogens with one attached hydrogen (secondary N) is 1. The number of carbonyl (C=O) groups is 2. The number of alkyl carbamates (subject to hydrolysis) is 1. The molecule has 1 aliphatic carbocycles. The molecule has 8 heteroatoms. The molecule has 1 aliphatic rings. The van der Waals surface area contributed by atoms with E-state index in [0.29, 0.717) is 5.56 Å². The number of carboxylic acids is 1. The molecule has 1 unspecified atom stereocenters. The summed E-state index contributed by atoms with van der Waals surface area (Å²) >= 11 is 0. The van der Waals surface area contributed by atoms with Gasteiger partial charge < -0.3 is 15.2 Å². The number of nitro benzene ring substituents is 1. The smallest absolute Gasteiger partial charge is 0.407 e. The first-order chi connectivity index (χ1) is 15.4. The van der Waals surface area contributed by atoms with Crippen molar-refractivity contribution in [2.45, 2.75) is 18.4 Å². The number of hydrogen-bond donors (Lipinski definition) is 2. The lowest BCUT2D eigenvalue weighted by atomic mass is 9.98. The fourth-order valence-electron chi connectivity index (χ4n) is 4.04. The molecule has 0 saturated heterocycles. The molecule has 0 aliphatic heterocycles. The molecule has 8 nitrogen and oxygen atoms in total. The van der Waals surface area contributed by atoms with Crippen LogP contribution in [0.4, 0.5) is 10.5 Å². The number of rotatable bonds is 7. The fraction of sp³-hybridized carbons (Fsp3) is 0.167. The van der Waals surface area contributed by atoms with Crippen molar-refractivity contribution in [3.05, 3.63) is 99.6 Å². The molecule has 1 atom stereocenters. The second-order valence-electron chi connectivity index (χ2n) is 7.47. The highest BCUT2D eigenvalue weighted by molar-refractivity contribution is 5.79. The maximum absolute atomic E-state index is 12.5. The number of nitro groups is 1. The highest BCUT2D eigenvalue weighted by atomic mass is 16.6. The molecule has 3 aromatic carbocycles. The van der Waals surface area contributed by atoms with Gasteiger partial charge in [-0.15, -0.1) is 0 Å². The van der Waals surface area contributed by atoms with Crippen LogP contribution in [0.3, 0.4) is 0 Å². The van der Waals surface area contributed by atoms with Gasteiger partial charge in [-0.2, -0.15) is 0 Å². The maximum Gasteiger partial charge on any atom is 0.407 e. The highest BCUT2D eigenvalue weighted by Gasteiger charge is 2.29. The number of carboxylic acid groups (broad SMARTS) is 1. The van der Waals surface area contributed by atoms with Crippen LogP contribution in [0.5, 0.6) is 0 Å². The quantitative estimate of drug-likeness (QED) is 0.414. The molecule has 4 rings (SSSR count). The zero-order valence-electron chi connectivity index (χ0n) is 16.9. The number of carbonyl (C=O) groups excluding carboxylic acids is 1. The van der Waals surface area contributed by atoms with Crippen LogP contribution in [0.2, 0.25) is 0 Å². The molecule has 1 amide bonds. The van der Waals surface area contributed by atoms with E-state index in [-0.39, 0.29) is 24.6 Å². The second-order valence-corrected chi connectivity index (χ2v) is 7.47. The Balaban J connectivity index is 1.47. The lowest BCUT2D eigenvalue weighted by Crippen LogP contribution is -2.31. The first kappa shape index (κ1) is 21.0. The van der Waals surface area contributed by atoms with E-state index in [1.807, 2.05) is 48.5 Å². The molecule has 0 aromatic heterocycles. The SMILES string of the molecule is O=C(O)CC(NC(=O)OCC1c2ccccc2-c2ccccc21)c1ccc([N+](=O)[O-])cc1. The van der Waals surface area contributed by atoms with E-state index < -0.39 is 23.0 Å². The second kappa shape index (κ2) is 8.89. The van der Waals surface area contributed by atoms with Crippen molar-refractivity contribution < 1.29 is 24.4 Å². The molecule has 0 bridgehead atoms. The van der Waals surface area contributed by atoms with Crippen LogP contribution in [0.15, 0.2) is 72.8 Å². The van der Waals surface area contributed by atoms with Crippen molar-refractivity contribution in [2.24, 2.45) is 0 Å². The maximum atomic E-state index is 12.5. The summed E-state index contributed by atoms with van der Waals surface area (Å²) in [5.41, 5.74) is 4.66. The Morgan fingerprint density at radius 2 is 1.53 bits per heavy atom. The lowest BCUT2D eigenvalue weighted by molar-refractivity contribution is -0.384. The molecule has 3 aromatic rings. The zero-order chi connectivity index (χ0) is 22.7. The van der Waals surface area contributed by atoms with E-state index in [1.54, 1.807) is 0 Å². The van der Waals surface area contributed by atoms with Gasteiger partial charge in [-0.05, 0) is 27.8 Å². The minimum atomic E-state index is -1.12. The van der Waals surface area contributed by atoms with Gasteiger partial charge in [-0.3, -0.25) is 14.9 Å². The average molecular weight is 432 g/mol. The van der Waals surface area contributed by atoms with Gasteiger partial charge in [0.25, 0.3) is 5.69 Å². The van der Waals surface area contributed by atoms with Crippen molar-refractivity contribution in [3.63, 3.8) is 0 Å². The molecule has 0 saturated carbocycles. The molecule has 0 spiro atoms. The number of nitrogens with zero attached hydrogens (tertiary/aromatic N) is 1. The largest absolute Gasteiger partial charge is 0.481 e. The zero-order valence-corrected chi connectivity index (χ0v) is 16.9. The third-order valence-corrected chi connectivity index (χ3v) is 5.52.